The number of ether oxygens (including phenoxy) is 1. The van der Waals surface area contributed by atoms with Crippen molar-refractivity contribution in [2.45, 2.75) is 164 Å². The van der Waals surface area contributed by atoms with Crippen LogP contribution in [0.5, 0.6) is 0 Å². The molecule has 9 atom stereocenters. The summed E-state index contributed by atoms with van der Waals surface area (Å²) in [5.74, 6) is 5.92. The summed E-state index contributed by atoms with van der Waals surface area (Å²) in [6.07, 6.45) is 44.0. The molecule has 274 valence electrons. The number of rotatable bonds is 18. The predicted molar refractivity (Wildman–Crippen MR) is 211 cm³/mol. The molecule has 9 unspecified atom stereocenters. The molecule has 4 aliphatic rings. The largest absolute Gasteiger partial charge is 0.462 e. The third-order valence-corrected chi connectivity index (χ3v) is 14.0. The average molecular weight is 671 g/mol. The molecule has 0 bridgehead atoms. The molecule has 4 aliphatic carbocycles. The van der Waals surface area contributed by atoms with Crippen molar-refractivity contribution >= 4 is 5.97 Å². The molecule has 0 aromatic carbocycles. The lowest BCUT2D eigenvalue weighted by molar-refractivity contribution is -0.151. The fourth-order valence-corrected chi connectivity index (χ4v) is 10.6. The van der Waals surface area contributed by atoms with Crippen LogP contribution < -0.4 is 0 Å². The molecule has 0 amide bonds. The van der Waals surface area contributed by atoms with Gasteiger partial charge in [0.25, 0.3) is 0 Å². The maximum absolute atomic E-state index is 12.8. The first-order valence-electron chi connectivity index (χ1n) is 20.7. The average Bonchev–Trinajstić information content (AvgIpc) is 3.44. The van der Waals surface area contributed by atoms with Gasteiger partial charge in [-0.15, -0.1) is 0 Å². The Morgan fingerprint density at radius 3 is 2.06 bits per heavy atom. The van der Waals surface area contributed by atoms with E-state index in [2.05, 4.69) is 115 Å². The van der Waals surface area contributed by atoms with Crippen LogP contribution >= 0.6 is 0 Å². The molecule has 49 heavy (non-hydrogen) atoms. The van der Waals surface area contributed by atoms with Gasteiger partial charge in [-0.25, -0.2) is 0 Å². The van der Waals surface area contributed by atoms with E-state index in [1.54, 1.807) is 5.57 Å². The van der Waals surface area contributed by atoms with Crippen molar-refractivity contribution in [1.82, 2.24) is 0 Å². The molecule has 0 N–H and O–H groups in total. The lowest BCUT2D eigenvalue weighted by Gasteiger charge is -2.58. The molecule has 3 saturated carbocycles. The van der Waals surface area contributed by atoms with E-state index in [-0.39, 0.29) is 12.1 Å². The van der Waals surface area contributed by atoms with Gasteiger partial charge in [0.1, 0.15) is 6.10 Å². The van der Waals surface area contributed by atoms with Crippen molar-refractivity contribution in [1.29, 1.82) is 0 Å². The summed E-state index contributed by atoms with van der Waals surface area (Å²) < 4.78 is 6.08. The monoisotopic (exact) mass is 671 g/mol. The van der Waals surface area contributed by atoms with Gasteiger partial charge >= 0.3 is 5.97 Å². The molecule has 0 saturated heterocycles. The normalized spacial score (nSPS) is 33.1. The van der Waals surface area contributed by atoms with E-state index in [0.29, 0.717) is 17.3 Å². The van der Waals surface area contributed by atoms with Crippen molar-refractivity contribution < 1.29 is 9.53 Å². The Hall–Kier alpha value is -2.09. The highest BCUT2D eigenvalue weighted by atomic mass is 16.5. The summed E-state index contributed by atoms with van der Waals surface area (Å²) in [7, 11) is 0. The fraction of sp³-hybridized carbons (Fsp3) is 0.723. The zero-order valence-corrected chi connectivity index (χ0v) is 32.8. The van der Waals surface area contributed by atoms with Gasteiger partial charge in [0.2, 0.25) is 0 Å². The van der Waals surface area contributed by atoms with Crippen LogP contribution in [0.3, 0.4) is 0 Å². The van der Waals surface area contributed by atoms with Crippen LogP contribution in [0.25, 0.3) is 0 Å². The van der Waals surface area contributed by atoms with Crippen LogP contribution in [0.15, 0.2) is 72.4 Å². The third-order valence-electron chi connectivity index (χ3n) is 14.0. The van der Waals surface area contributed by atoms with Gasteiger partial charge in [0.15, 0.2) is 0 Å². The summed E-state index contributed by atoms with van der Waals surface area (Å²) in [4.78, 5) is 12.8. The zero-order chi connectivity index (χ0) is 35.3. The van der Waals surface area contributed by atoms with Gasteiger partial charge in [0.05, 0.1) is 0 Å². The highest BCUT2D eigenvalue weighted by Gasteiger charge is 2.59. The number of carbonyl (C=O) groups is 1. The summed E-state index contributed by atoms with van der Waals surface area (Å²) in [6, 6.07) is 0. The van der Waals surface area contributed by atoms with Crippen molar-refractivity contribution in [3.8, 4) is 0 Å². The Morgan fingerprint density at radius 1 is 0.796 bits per heavy atom. The van der Waals surface area contributed by atoms with Gasteiger partial charge in [0, 0.05) is 12.8 Å². The number of allylic oxidation sites excluding steroid dienone is 11. The minimum atomic E-state index is -0.0222. The standard InChI is InChI=1S/C47H74O2/c1-8-9-10-11-12-13-14-15-16-17-18-19-20-21-22-23-24-45(48)49-40-31-33-46(6)39(35-40)27-28-41-43-30-29-42(47(43,7)34-32-44(41)46)38(5)26-25-37(4)36(2)3/h9-10,12-13,15-16,18-19,21-22,27,36-38,40-44H,8,11,14,17,20,23-26,28-35H2,1-7H3/b10-9+,13-12+,16-15+,19-18+,22-21+. The highest BCUT2D eigenvalue weighted by Crippen LogP contribution is 2.67. The summed E-state index contributed by atoms with van der Waals surface area (Å²) in [5, 5.41) is 0. The Labute approximate surface area is 303 Å². The Bertz CT molecular complexity index is 1200. The second-order valence-electron chi connectivity index (χ2n) is 17.4. The Kier molecular flexibility index (Phi) is 15.8. The zero-order valence-electron chi connectivity index (χ0n) is 32.8. The smallest absolute Gasteiger partial charge is 0.306 e. The van der Waals surface area contributed by atoms with Gasteiger partial charge in [-0.1, -0.05) is 134 Å². The van der Waals surface area contributed by atoms with Crippen molar-refractivity contribution in [2.75, 3.05) is 0 Å². The molecule has 0 aromatic heterocycles. The molecule has 2 nitrogen and oxygen atoms in total. The first kappa shape index (κ1) is 39.7. The lowest BCUT2D eigenvalue weighted by atomic mass is 9.47. The van der Waals surface area contributed by atoms with Crippen molar-refractivity contribution in [2.24, 2.45) is 52.3 Å². The van der Waals surface area contributed by atoms with E-state index >= 15 is 0 Å². The molecule has 0 aromatic rings. The summed E-state index contributed by atoms with van der Waals surface area (Å²) in [5.41, 5.74) is 2.45. The van der Waals surface area contributed by atoms with Crippen LogP contribution in [-0.4, -0.2) is 12.1 Å². The van der Waals surface area contributed by atoms with Gasteiger partial charge in [-0.05, 0) is 136 Å². The van der Waals surface area contributed by atoms with Crippen LogP contribution in [-0.2, 0) is 9.53 Å². The Morgan fingerprint density at radius 2 is 1.43 bits per heavy atom. The second-order valence-corrected chi connectivity index (χ2v) is 17.4. The number of esters is 1. The summed E-state index contributed by atoms with van der Waals surface area (Å²) >= 11 is 0. The van der Waals surface area contributed by atoms with Gasteiger partial charge in [-0.2, -0.15) is 0 Å². The van der Waals surface area contributed by atoms with Crippen LogP contribution in [0.1, 0.15) is 158 Å². The van der Waals surface area contributed by atoms with Crippen LogP contribution in [0.2, 0.25) is 0 Å². The Balaban J connectivity index is 1.16. The molecule has 0 radical (unpaired) electrons. The quantitative estimate of drug-likeness (QED) is 0.107. The molecular formula is C47H74O2. The molecule has 0 spiro atoms. The lowest BCUT2D eigenvalue weighted by Crippen LogP contribution is -2.51. The highest BCUT2D eigenvalue weighted by molar-refractivity contribution is 5.69. The van der Waals surface area contributed by atoms with Crippen LogP contribution in [0, 0.1) is 52.3 Å². The van der Waals surface area contributed by atoms with E-state index in [1.807, 2.05) is 0 Å². The number of hydrogen-bond donors (Lipinski definition) is 0. The maximum atomic E-state index is 12.8. The topological polar surface area (TPSA) is 26.3 Å². The predicted octanol–water partition coefficient (Wildman–Crippen LogP) is 13.7. The fourth-order valence-electron chi connectivity index (χ4n) is 10.6. The number of carbonyl (C=O) groups excluding carboxylic acids is 1. The number of fused-ring (bicyclic) bond motifs is 5. The maximum Gasteiger partial charge on any atom is 0.306 e. The third kappa shape index (κ3) is 10.7. The van der Waals surface area contributed by atoms with Gasteiger partial charge in [-0.3, -0.25) is 4.79 Å². The minimum absolute atomic E-state index is 0.0222. The molecular weight excluding hydrogens is 597 g/mol. The van der Waals surface area contributed by atoms with Crippen molar-refractivity contribution in [3.05, 3.63) is 72.4 Å². The van der Waals surface area contributed by atoms with Crippen LogP contribution in [0.4, 0.5) is 0 Å². The van der Waals surface area contributed by atoms with E-state index in [1.165, 1.54) is 51.4 Å². The van der Waals surface area contributed by atoms with Gasteiger partial charge < -0.3 is 4.74 Å². The van der Waals surface area contributed by atoms with E-state index < -0.39 is 0 Å². The second kappa shape index (κ2) is 19.5. The number of hydrogen-bond acceptors (Lipinski definition) is 2. The van der Waals surface area contributed by atoms with E-state index in [9.17, 15) is 4.79 Å². The SMILES string of the molecule is CC/C=C/C/C=C/C/C=C/C/C=C/C/C=C/CCC(=O)OC1CCC2(C)C(=CCC3C2CCC2(C)C(C(C)CCC(C)C(C)C)CCC32)C1. The van der Waals surface area contributed by atoms with E-state index in [0.717, 1.165) is 92.8 Å². The first-order valence-corrected chi connectivity index (χ1v) is 20.7. The minimum Gasteiger partial charge on any atom is -0.462 e. The molecule has 0 heterocycles. The molecule has 0 aliphatic heterocycles. The first-order chi connectivity index (χ1) is 23.6. The van der Waals surface area contributed by atoms with E-state index in [4.69, 9.17) is 4.74 Å². The molecule has 4 rings (SSSR count). The summed E-state index contributed by atoms with van der Waals surface area (Å²) in [6.45, 7) is 17.3. The molecule has 3 fully saturated rings. The van der Waals surface area contributed by atoms with Crippen molar-refractivity contribution in [3.63, 3.8) is 0 Å². The molecule has 2 heteroatoms.